The third-order valence-corrected chi connectivity index (χ3v) is 5.54. The zero-order valence-electron chi connectivity index (χ0n) is 15.0. The third-order valence-electron chi connectivity index (χ3n) is 5.54. The van der Waals surface area contributed by atoms with Crippen LogP contribution in [0, 0.1) is 5.92 Å². The van der Waals surface area contributed by atoms with Crippen molar-refractivity contribution in [3.63, 3.8) is 0 Å². The Morgan fingerprint density at radius 3 is 3.07 bits per heavy atom. The van der Waals surface area contributed by atoms with Crippen molar-refractivity contribution in [2.75, 3.05) is 32.8 Å². The summed E-state index contributed by atoms with van der Waals surface area (Å²) in [5, 5.41) is 4.29. The number of ether oxygens (including phenoxy) is 1. The van der Waals surface area contributed by atoms with Crippen molar-refractivity contribution in [1.29, 1.82) is 0 Å². The molecule has 2 aliphatic heterocycles. The molecule has 2 atom stereocenters. The van der Waals surface area contributed by atoms with Crippen LogP contribution in [0.2, 0.25) is 0 Å². The van der Waals surface area contributed by atoms with Crippen molar-refractivity contribution in [3.05, 3.63) is 60.3 Å². The van der Waals surface area contributed by atoms with E-state index in [1.54, 1.807) is 23.2 Å². The van der Waals surface area contributed by atoms with E-state index in [-0.39, 0.29) is 12.0 Å². The van der Waals surface area contributed by atoms with Gasteiger partial charge in [0.05, 0.1) is 42.5 Å². The molecule has 0 saturated carbocycles. The van der Waals surface area contributed by atoms with E-state index in [1.807, 2.05) is 35.4 Å². The maximum Gasteiger partial charge on any atom is 0.257 e. The summed E-state index contributed by atoms with van der Waals surface area (Å²) in [5.74, 6) is 0.361. The van der Waals surface area contributed by atoms with Crippen LogP contribution in [-0.4, -0.2) is 64.2 Å². The van der Waals surface area contributed by atoms with Crippen LogP contribution >= 0.6 is 0 Å². The number of carbonyl (C=O) groups excluding carboxylic acids is 1. The predicted molar refractivity (Wildman–Crippen MR) is 98.3 cm³/mol. The maximum atomic E-state index is 13.1. The van der Waals surface area contributed by atoms with Crippen molar-refractivity contribution in [2.24, 2.45) is 5.92 Å². The number of aromatic nitrogens is 2. The van der Waals surface area contributed by atoms with E-state index in [9.17, 15) is 4.79 Å². The van der Waals surface area contributed by atoms with Gasteiger partial charge in [0.15, 0.2) is 0 Å². The zero-order chi connectivity index (χ0) is 18.2. The SMILES string of the molecule is O=C(c1cnn2ccccc12)N1C[C@@H]2CN(Cc3ccoc3)CCO[C@@H]2C1. The van der Waals surface area contributed by atoms with Gasteiger partial charge in [-0.15, -0.1) is 0 Å². The fourth-order valence-corrected chi connectivity index (χ4v) is 4.18. The highest BCUT2D eigenvalue weighted by atomic mass is 16.5. The highest BCUT2D eigenvalue weighted by Crippen LogP contribution is 2.26. The predicted octanol–water partition coefficient (Wildman–Crippen LogP) is 1.90. The zero-order valence-corrected chi connectivity index (χ0v) is 15.0. The molecule has 0 spiro atoms. The van der Waals surface area contributed by atoms with E-state index in [4.69, 9.17) is 9.15 Å². The van der Waals surface area contributed by atoms with Crippen LogP contribution in [-0.2, 0) is 11.3 Å². The van der Waals surface area contributed by atoms with Gasteiger partial charge in [-0.1, -0.05) is 6.07 Å². The number of hydrogen-bond acceptors (Lipinski definition) is 5. The van der Waals surface area contributed by atoms with Gasteiger partial charge in [0.2, 0.25) is 0 Å². The molecule has 0 radical (unpaired) electrons. The molecule has 0 aromatic carbocycles. The quantitative estimate of drug-likeness (QED) is 0.708. The summed E-state index contributed by atoms with van der Waals surface area (Å²) in [6, 6.07) is 7.76. The Labute approximate surface area is 157 Å². The van der Waals surface area contributed by atoms with Gasteiger partial charge in [-0.3, -0.25) is 9.69 Å². The first-order valence-corrected chi connectivity index (χ1v) is 9.34. The van der Waals surface area contributed by atoms with E-state index in [0.29, 0.717) is 24.6 Å². The first-order chi connectivity index (χ1) is 13.3. The average molecular weight is 366 g/mol. The monoisotopic (exact) mass is 366 g/mol. The van der Waals surface area contributed by atoms with E-state index in [2.05, 4.69) is 10.00 Å². The first-order valence-electron chi connectivity index (χ1n) is 9.34. The van der Waals surface area contributed by atoms with Crippen molar-refractivity contribution < 1.29 is 13.9 Å². The van der Waals surface area contributed by atoms with Gasteiger partial charge in [0, 0.05) is 50.4 Å². The summed E-state index contributed by atoms with van der Waals surface area (Å²) in [6.07, 6.45) is 7.12. The van der Waals surface area contributed by atoms with Crippen molar-refractivity contribution in [1.82, 2.24) is 19.4 Å². The molecule has 0 N–H and O–H groups in total. The second-order valence-electron chi connectivity index (χ2n) is 7.33. The van der Waals surface area contributed by atoms with Crippen LogP contribution in [0.25, 0.3) is 5.52 Å². The number of hydrogen-bond donors (Lipinski definition) is 0. The van der Waals surface area contributed by atoms with Gasteiger partial charge in [-0.05, 0) is 18.2 Å². The van der Waals surface area contributed by atoms with E-state index < -0.39 is 0 Å². The van der Waals surface area contributed by atoms with Crippen LogP contribution in [0.5, 0.6) is 0 Å². The lowest BCUT2D eigenvalue weighted by atomic mass is 10.1. The molecular formula is C20H22N4O3. The summed E-state index contributed by atoms with van der Waals surface area (Å²) < 4.78 is 13.0. The Morgan fingerprint density at radius 1 is 1.22 bits per heavy atom. The first kappa shape index (κ1) is 16.5. The van der Waals surface area contributed by atoms with Crippen LogP contribution in [0.1, 0.15) is 15.9 Å². The minimum Gasteiger partial charge on any atom is -0.472 e. The van der Waals surface area contributed by atoms with Crippen LogP contribution < -0.4 is 0 Å². The lowest BCUT2D eigenvalue weighted by Gasteiger charge is -2.22. The molecule has 2 saturated heterocycles. The van der Waals surface area contributed by atoms with E-state index >= 15 is 0 Å². The molecule has 0 aliphatic carbocycles. The Bertz CT molecular complexity index is 936. The van der Waals surface area contributed by atoms with E-state index in [0.717, 1.165) is 31.7 Å². The Hall–Kier alpha value is -2.64. The van der Waals surface area contributed by atoms with E-state index in [1.165, 1.54) is 5.56 Å². The molecule has 2 aliphatic rings. The summed E-state index contributed by atoms with van der Waals surface area (Å²) >= 11 is 0. The highest BCUT2D eigenvalue weighted by Gasteiger charge is 2.39. The van der Waals surface area contributed by atoms with Gasteiger partial charge < -0.3 is 14.1 Å². The lowest BCUT2D eigenvalue weighted by molar-refractivity contribution is 0.0484. The number of carbonyl (C=O) groups is 1. The van der Waals surface area contributed by atoms with Crippen molar-refractivity contribution in [3.8, 4) is 0 Å². The molecule has 2 fully saturated rings. The Kier molecular flexibility index (Phi) is 4.18. The number of furan rings is 1. The van der Waals surface area contributed by atoms with Gasteiger partial charge in [-0.25, -0.2) is 4.52 Å². The molecule has 0 unspecified atom stereocenters. The van der Waals surface area contributed by atoms with Gasteiger partial charge in [0.25, 0.3) is 5.91 Å². The molecule has 3 aromatic heterocycles. The number of fused-ring (bicyclic) bond motifs is 2. The van der Waals surface area contributed by atoms with Crippen molar-refractivity contribution in [2.45, 2.75) is 12.6 Å². The highest BCUT2D eigenvalue weighted by molar-refractivity contribution is 6.00. The largest absolute Gasteiger partial charge is 0.472 e. The normalized spacial score (nSPS) is 23.5. The van der Waals surface area contributed by atoms with Crippen molar-refractivity contribution >= 4 is 11.4 Å². The molecule has 0 bridgehead atoms. The fraction of sp³-hybridized carbons (Fsp3) is 0.400. The number of rotatable bonds is 3. The minimum atomic E-state index is 0.0364. The molecule has 1 amide bonds. The Morgan fingerprint density at radius 2 is 2.19 bits per heavy atom. The second kappa shape index (κ2) is 6.83. The molecule has 27 heavy (non-hydrogen) atoms. The number of amides is 1. The smallest absolute Gasteiger partial charge is 0.257 e. The molecule has 5 heterocycles. The summed E-state index contributed by atoms with van der Waals surface area (Å²) in [6.45, 7) is 4.74. The van der Waals surface area contributed by atoms with Gasteiger partial charge in [0.1, 0.15) is 0 Å². The lowest BCUT2D eigenvalue weighted by Crippen LogP contribution is -2.33. The van der Waals surface area contributed by atoms with Crippen LogP contribution in [0.15, 0.2) is 53.6 Å². The molecule has 5 rings (SSSR count). The topological polar surface area (TPSA) is 63.2 Å². The summed E-state index contributed by atoms with van der Waals surface area (Å²) in [4.78, 5) is 17.4. The molecular weight excluding hydrogens is 344 g/mol. The Balaban J connectivity index is 1.30. The minimum absolute atomic E-state index is 0.0364. The molecule has 7 heteroatoms. The molecule has 140 valence electrons. The second-order valence-corrected chi connectivity index (χ2v) is 7.33. The summed E-state index contributed by atoms with van der Waals surface area (Å²) in [7, 11) is 0. The molecule has 3 aromatic rings. The maximum absolute atomic E-state index is 13.1. The number of pyridine rings is 1. The third kappa shape index (κ3) is 3.13. The van der Waals surface area contributed by atoms with Gasteiger partial charge >= 0.3 is 0 Å². The standard InChI is InChI=1S/C20H22N4O3/c25-20(17-9-21-24-5-2-1-3-18(17)24)23-12-16-11-22(6-8-27-19(16)13-23)10-15-4-7-26-14-15/h1-5,7,9,14,16,19H,6,8,10-13H2/t16-,19+/m0/s1. The molecule has 7 nitrogen and oxygen atoms in total. The van der Waals surface area contributed by atoms with Crippen LogP contribution in [0.3, 0.4) is 0 Å². The number of likely N-dealkylation sites (tertiary alicyclic amines) is 1. The van der Waals surface area contributed by atoms with Gasteiger partial charge in [-0.2, -0.15) is 5.10 Å². The number of nitrogens with zero attached hydrogens (tertiary/aromatic N) is 4. The van der Waals surface area contributed by atoms with Crippen LogP contribution in [0.4, 0.5) is 0 Å². The average Bonchev–Trinajstić information content (AvgIpc) is 3.40. The summed E-state index contributed by atoms with van der Waals surface area (Å²) in [5.41, 5.74) is 2.67. The fourth-order valence-electron chi connectivity index (χ4n) is 4.18.